The third-order valence-corrected chi connectivity index (χ3v) is 3.69. The summed E-state index contributed by atoms with van der Waals surface area (Å²) in [5.74, 6) is 0.195. The van der Waals surface area contributed by atoms with E-state index in [2.05, 4.69) is 33.4 Å². The molecule has 1 aromatic carbocycles. The van der Waals surface area contributed by atoms with Gasteiger partial charge in [-0.05, 0) is 50.1 Å². The van der Waals surface area contributed by atoms with Gasteiger partial charge in [0.1, 0.15) is 0 Å². The second kappa shape index (κ2) is 5.85. The van der Waals surface area contributed by atoms with Gasteiger partial charge in [-0.15, -0.1) is 0 Å². The van der Waals surface area contributed by atoms with Crippen molar-refractivity contribution in [2.24, 2.45) is 0 Å². The third kappa shape index (κ3) is 2.93. The normalized spacial score (nSPS) is 20.3. The molecule has 4 heteroatoms. The molecule has 0 spiro atoms. The van der Waals surface area contributed by atoms with Crippen LogP contribution in [0.5, 0.6) is 0 Å². The van der Waals surface area contributed by atoms with Gasteiger partial charge in [0.05, 0.1) is 6.04 Å². The third-order valence-electron chi connectivity index (χ3n) is 3.23. The monoisotopic (exact) mass is 310 g/mol. The van der Waals surface area contributed by atoms with Gasteiger partial charge in [-0.25, -0.2) is 0 Å². The molecule has 1 fully saturated rings. The Balaban J connectivity index is 2.23. The zero-order chi connectivity index (χ0) is 13.1. The lowest BCUT2D eigenvalue weighted by Crippen LogP contribution is -2.50. The van der Waals surface area contributed by atoms with Crippen LogP contribution in [0.25, 0.3) is 0 Å². The first-order valence-electron chi connectivity index (χ1n) is 6.43. The molecule has 1 amide bonds. The van der Waals surface area contributed by atoms with Crippen molar-refractivity contribution in [3.63, 3.8) is 0 Å². The van der Waals surface area contributed by atoms with Crippen molar-refractivity contribution in [2.45, 2.75) is 32.7 Å². The number of carbonyl (C=O) groups excluding carboxylic acids is 1. The maximum Gasteiger partial charge on any atom is 0.244 e. The summed E-state index contributed by atoms with van der Waals surface area (Å²) < 4.78 is 1.02. The molecule has 1 atom stereocenters. The smallest absolute Gasteiger partial charge is 0.244 e. The van der Waals surface area contributed by atoms with E-state index in [1.165, 1.54) is 0 Å². The molecule has 1 aliphatic heterocycles. The molecule has 0 aromatic heterocycles. The molecule has 0 bridgehead atoms. The van der Waals surface area contributed by atoms with Crippen molar-refractivity contribution in [3.05, 3.63) is 28.2 Å². The minimum Gasteiger partial charge on any atom is -0.311 e. The van der Waals surface area contributed by atoms with Crippen LogP contribution in [0.15, 0.2) is 22.7 Å². The summed E-state index contributed by atoms with van der Waals surface area (Å²) in [5, 5.41) is 3.26. The lowest BCUT2D eigenvalue weighted by atomic mass is 10.0. The highest BCUT2D eigenvalue weighted by atomic mass is 79.9. The summed E-state index contributed by atoms with van der Waals surface area (Å²) in [4.78, 5) is 14.3. The van der Waals surface area contributed by atoms with Crippen LogP contribution in [-0.4, -0.2) is 25.0 Å². The van der Waals surface area contributed by atoms with Crippen molar-refractivity contribution in [2.75, 3.05) is 18.0 Å². The second-order valence-corrected chi connectivity index (χ2v) is 5.64. The topological polar surface area (TPSA) is 32.3 Å². The van der Waals surface area contributed by atoms with Crippen LogP contribution in [0, 0.1) is 6.92 Å². The standard InChI is InChI=1S/C14H19BrN2O/c1-3-16-13-5-4-6-17(14(13)18)12-8-10(2)7-11(15)9-12/h7-9,13,16H,3-6H2,1-2H3. The van der Waals surface area contributed by atoms with Gasteiger partial charge < -0.3 is 10.2 Å². The molecular formula is C14H19BrN2O. The first-order chi connectivity index (χ1) is 8.61. The van der Waals surface area contributed by atoms with Gasteiger partial charge in [-0.3, -0.25) is 4.79 Å². The van der Waals surface area contributed by atoms with E-state index in [4.69, 9.17) is 0 Å². The fourth-order valence-corrected chi connectivity index (χ4v) is 3.04. The molecule has 0 radical (unpaired) electrons. The predicted molar refractivity (Wildman–Crippen MR) is 77.9 cm³/mol. The number of amides is 1. The number of carbonyl (C=O) groups is 1. The van der Waals surface area contributed by atoms with Crippen molar-refractivity contribution in [1.82, 2.24) is 5.32 Å². The van der Waals surface area contributed by atoms with Crippen molar-refractivity contribution in [3.8, 4) is 0 Å². The zero-order valence-corrected chi connectivity index (χ0v) is 12.5. The molecule has 1 unspecified atom stereocenters. The van der Waals surface area contributed by atoms with E-state index in [9.17, 15) is 4.79 Å². The lowest BCUT2D eigenvalue weighted by molar-refractivity contribution is -0.121. The molecule has 1 N–H and O–H groups in total. The Hall–Kier alpha value is -0.870. The van der Waals surface area contributed by atoms with Gasteiger partial charge in [0.15, 0.2) is 0 Å². The molecule has 18 heavy (non-hydrogen) atoms. The van der Waals surface area contributed by atoms with Crippen LogP contribution < -0.4 is 10.2 Å². The Bertz CT molecular complexity index is 425. The minimum atomic E-state index is -0.0250. The van der Waals surface area contributed by atoms with Gasteiger partial charge in [0, 0.05) is 16.7 Å². The van der Waals surface area contributed by atoms with E-state index in [1.54, 1.807) is 0 Å². The van der Waals surface area contributed by atoms with Crippen LogP contribution in [0.2, 0.25) is 0 Å². The SMILES string of the molecule is CCNC1CCCN(c2cc(C)cc(Br)c2)C1=O. The van der Waals surface area contributed by atoms with Gasteiger partial charge in [-0.2, -0.15) is 0 Å². The van der Waals surface area contributed by atoms with Crippen molar-refractivity contribution in [1.29, 1.82) is 0 Å². The van der Waals surface area contributed by atoms with Crippen LogP contribution in [0.1, 0.15) is 25.3 Å². The zero-order valence-electron chi connectivity index (χ0n) is 10.9. The number of piperidine rings is 1. The fourth-order valence-electron chi connectivity index (χ4n) is 2.44. The van der Waals surface area contributed by atoms with Gasteiger partial charge in [0.25, 0.3) is 0 Å². The Labute approximate surface area is 117 Å². The largest absolute Gasteiger partial charge is 0.311 e. The molecule has 0 saturated carbocycles. The summed E-state index contributed by atoms with van der Waals surface area (Å²) in [5.41, 5.74) is 2.16. The molecule has 1 heterocycles. The van der Waals surface area contributed by atoms with Crippen molar-refractivity contribution >= 4 is 27.5 Å². The van der Waals surface area contributed by atoms with Crippen molar-refractivity contribution < 1.29 is 4.79 Å². The highest BCUT2D eigenvalue weighted by molar-refractivity contribution is 9.10. The average molecular weight is 311 g/mol. The number of benzene rings is 1. The lowest BCUT2D eigenvalue weighted by Gasteiger charge is -2.33. The maximum atomic E-state index is 12.4. The van der Waals surface area contributed by atoms with Gasteiger partial charge in [0.2, 0.25) is 5.91 Å². The predicted octanol–water partition coefficient (Wildman–Crippen LogP) is 2.86. The van der Waals surface area contributed by atoms with E-state index in [1.807, 2.05) is 24.8 Å². The molecule has 1 aromatic rings. The summed E-state index contributed by atoms with van der Waals surface area (Å²) in [6.45, 7) is 5.73. The Morgan fingerprint density at radius 3 is 2.89 bits per heavy atom. The molecule has 98 valence electrons. The molecule has 0 aliphatic carbocycles. The number of halogens is 1. The average Bonchev–Trinajstić information content (AvgIpc) is 2.31. The number of rotatable bonds is 3. The Morgan fingerprint density at radius 1 is 1.44 bits per heavy atom. The number of nitrogens with one attached hydrogen (secondary N) is 1. The quantitative estimate of drug-likeness (QED) is 0.931. The first kappa shape index (κ1) is 13.6. The van der Waals surface area contributed by atoms with E-state index in [-0.39, 0.29) is 11.9 Å². The number of hydrogen-bond acceptors (Lipinski definition) is 2. The maximum absolute atomic E-state index is 12.4. The number of likely N-dealkylation sites (N-methyl/N-ethyl adjacent to an activating group) is 1. The number of anilines is 1. The number of hydrogen-bond donors (Lipinski definition) is 1. The Morgan fingerprint density at radius 2 is 2.22 bits per heavy atom. The summed E-state index contributed by atoms with van der Waals surface area (Å²) in [6, 6.07) is 6.11. The van der Waals surface area contributed by atoms with E-state index in [0.717, 1.165) is 41.7 Å². The van der Waals surface area contributed by atoms with Crippen LogP contribution in [-0.2, 0) is 4.79 Å². The molecule has 3 nitrogen and oxygen atoms in total. The van der Waals surface area contributed by atoms with E-state index < -0.39 is 0 Å². The second-order valence-electron chi connectivity index (χ2n) is 4.73. The molecule has 1 saturated heterocycles. The van der Waals surface area contributed by atoms with E-state index >= 15 is 0 Å². The molecular weight excluding hydrogens is 292 g/mol. The van der Waals surface area contributed by atoms with Gasteiger partial charge >= 0.3 is 0 Å². The van der Waals surface area contributed by atoms with Crippen LogP contribution in [0.4, 0.5) is 5.69 Å². The summed E-state index contributed by atoms with van der Waals surface area (Å²) in [7, 11) is 0. The summed E-state index contributed by atoms with van der Waals surface area (Å²) >= 11 is 3.49. The number of aryl methyl sites for hydroxylation is 1. The molecule has 2 rings (SSSR count). The highest BCUT2D eigenvalue weighted by Crippen LogP contribution is 2.26. The first-order valence-corrected chi connectivity index (χ1v) is 7.23. The van der Waals surface area contributed by atoms with Crippen LogP contribution in [0.3, 0.4) is 0 Å². The Kier molecular flexibility index (Phi) is 4.40. The van der Waals surface area contributed by atoms with E-state index in [0.29, 0.717) is 0 Å². The fraction of sp³-hybridized carbons (Fsp3) is 0.500. The number of nitrogens with zero attached hydrogens (tertiary/aromatic N) is 1. The minimum absolute atomic E-state index is 0.0250. The summed E-state index contributed by atoms with van der Waals surface area (Å²) in [6.07, 6.45) is 1.99. The van der Waals surface area contributed by atoms with Gasteiger partial charge in [-0.1, -0.05) is 22.9 Å². The molecule has 1 aliphatic rings. The van der Waals surface area contributed by atoms with Crippen LogP contribution >= 0.6 is 15.9 Å². The highest BCUT2D eigenvalue weighted by Gasteiger charge is 2.28.